The third-order valence-corrected chi connectivity index (χ3v) is 2.75. The second-order valence-corrected chi connectivity index (χ2v) is 4.15. The number of para-hydroxylation sites is 1. The van der Waals surface area contributed by atoms with Crippen LogP contribution in [0.15, 0.2) is 36.4 Å². The molecule has 0 aliphatic carbocycles. The number of fused-ring (bicyclic) bond motifs is 1. The molecule has 3 heteroatoms. The van der Waals surface area contributed by atoms with Gasteiger partial charge in [0.15, 0.2) is 6.29 Å². The van der Waals surface area contributed by atoms with Gasteiger partial charge in [0.05, 0.1) is 12.1 Å². The molecule has 2 rings (SSSR count). The van der Waals surface area contributed by atoms with Crippen molar-refractivity contribution in [2.24, 2.45) is 0 Å². The fourth-order valence-corrected chi connectivity index (χ4v) is 1.78. The van der Waals surface area contributed by atoms with Gasteiger partial charge < -0.3 is 4.74 Å². The minimum absolute atomic E-state index is 0.522. The highest BCUT2D eigenvalue weighted by molar-refractivity contribution is 5.78. The van der Waals surface area contributed by atoms with Crippen LogP contribution in [0.25, 0.3) is 10.9 Å². The molecule has 0 fully saturated rings. The van der Waals surface area contributed by atoms with E-state index in [1.807, 2.05) is 42.7 Å². The van der Waals surface area contributed by atoms with Crippen LogP contribution < -0.4 is 4.74 Å². The second kappa shape index (κ2) is 6.74. The number of hydrogen-bond acceptors (Lipinski definition) is 3. The summed E-state index contributed by atoms with van der Waals surface area (Å²) in [6.07, 6.45) is 5.23. The van der Waals surface area contributed by atoms with Gasteiger partial charge in [0, 0.05) is 17.9 Å². The van der Waals surface area contributed by atoms with Crippen molar-refractivity contribution in [3.05, 3.63) is 36.4 Å². The molecule has 3 nitrogen and oxygen atoms in total. The lowest BCUT2D eigenvalue weighted by molar-refractivity contribution is 0.295. The molecule has 1 radical (unpaired) electrons. The van der Waals surface area contributed by atoms with Crippen molar-refractivity contribution < 1.29 is 9.53 Å². The van der Waals surface area contributed by atoms with E-state index in [2.05, 4.69) is 4.98 Å². The van der Waals surface area contributed by atoms with Gasteiger partial charge in [0.1, 0.15) is 0 Å². The van der Waals surface area contributed by atoms with Crippen LogP contribution in [0.2, 0.25) is 0 Å². The van der Waals surface area contributed by atoms with Gasteiger partial charge in [-0.25, -0.2) is 4.98 Å². The molecule has 0 amide bonds. The molecular weight excluding hydrogens is 226 g/mol. The molecule has 1 aromatic heterocycles. The van der Waals surface area contributed by atoms with E-state index in [1.165, 1.54) is 0 Å². The fraction of sp³-hybridized carbons (Fsp3) is 0.333. The topological polar surface area (TPSA) is 39.2 Å². The van der Waals surface area contributed by atoms with Crippen molar-refractivity contribution in [1.82, 2.24) is 4.98 Å². The number of benzene rings is 1. The number of aromatic nitrogens is 1. The van der Waals surface area contributed by atoms with Gasteiger partial charge in [-0.05, 0) is 31.4 Å². The summed E-state index contributed by atoms with van der Waals surface area (Å²) in [5.74, 6) is 0.663. The van der Waals surface area contributed by atoms with Crippen molar-refractivity contribution >= 4 is 17.2 Å². The third kappa shape index (κ3) is 3.55. The van der Waals surface area contributed by atoms with Crippen LogP contribution in [-0.4, -0.2) is 17.9 Å². The highest BCUT2D eigenvalue weighted by atomic mass is 16.5. The minimum atomic E-state index is 0.522. The number of ether oxygens (including phenoxy) is 1. The summed E-state index contributed by atoms with van der Waals surface area (Å²) in [5, 5.41) is 1.12. The minimum Gasteiger partial charge on any atom is -0.478 e. The summed E-state index contributed by atoms with van der Waals surface area (Å²) < 4.78 is 5.58. The number of hydrogen-bond donors (Lipinski definition) is 0. The predicted octanol–water partition coefficient (Wildman–Crippen LogP) is 3.28. The van der Waals surface area contributed by atoms with Gasteiger partial charge in [-0.2, -0.15) is 0 Å². The summed E-state index contributed by atoms with van der Waals surface area (Å²) >= 11 is 0. The number of carbonyl (C=O) groups excluding carboxylic acids is 1. The van der Waals surface area contributed by atoms with Crippen molar-refractivity contribution in [2.75, 3.05) is 6.61 Å². The molecule has 18 heavy (non-hydrogen) atoms. The molecule has 0 saturated heterocycles. The van der Waals surface area contributed by atoms with E-state index >= 15 is 0 Å². The van der Waals surface area contributed by atoms with Gasteiger partial charge in [-0.15, -0.1) is 0 Å². The predicted molar refractivity (Wildman–Crippen MR) is 71.4 cm³/mol. The first kappa shape index (κ1) is 12.6. The number of nitrogens with zero attached hydrogens (tertiary/aromatic N) is 1. The number of pyridine rings is 1. The Balaban J connectivity index is 1.82. The molecule has 0 unspecified atom stereocenters. The average molecular weight is 242 g/mol. The summed E-state index contributed by atoms with van der Waals surface area (Å²) in [7, 11) is 0. The molecule has 0 bridgehead atoms. The smallest absolute Gasteiger partial charge is 0.213 e. The number of rotatable bonds is 7. The van der Waals surface area contributed by atoms with E-state index in [9.17, 15) is 4.79 Å². The van der Waals surface area contributed by atoms with E-state index in [0.29, 0.717) is 18.9 Å². The molecule has 0 saturated carbocycles. The Morgan fingerprint density at radius 2 is 1.94 bits per heavy atom. The Hall–Kier alpha value is -1.90. The maximum absolute atomic E-state index is 10.0. The van der Waals surface area contributed by atoms with Crippen LogP contribution in [0.5, 0.6) is 5.88 Å². The zero-order valence-electron chi connectivity index (χ0n) is 10.3. The van der Waals surface area contributed by atoms with Crippen LogP contribution >= 0.6 is 0 Å². The lowest BCUT2D eigenvalue weighted by atomic mass is 10.2. The number of unbranched alkanes of at least 4 members (excludes halogenated alkanes) is 3. The van der Waals surface area contributed by atoms with Gasteiger partial charge >= 0.3 is 0 Å². The Kier molecular flexibility index (Phi) is 4.70. The molecule has 1 aromatic carbocycles. The first-order valence-electron chi connectivity index (χ1n) is 6.24. The van der Waals surface area contributed by atoms with E-state index in [0.717, 1.165) is 30.2 Å². The van der Waals surface area contributed by atoms with Crippen LogP contribution in [-0.2, 0) is 4.79 Å². The largest absolute Gasteiger partial charge is 0.478 e. The van der Waals surface area contributed by atoms with Crippen LogP contribution in [0.3, 0.4) is 0 Å². The van der Waals surface area contributed by atoms with Crippen molar-refractivity contribution in [2.45, 2.75) is 25.7 Å². The van der Waals surface area contributed by atoms with Gasteiger partial charge in [-0.1, -0.05) is 18.2 Å². The van der Waals surface area contributed by atoms with Gasteiger partial charge in [0.25, 0.3) is 0 Å². The average Bonchev–Trinajstić information content (AvgIpc) is 2.42. The Morgan fingerprint density at radius 3 is 2.83 bits per heavy atom. The van der Waals surface area contributed by atoms with E-state index in [4.69, 9.17) is 4.74 Å². The molecule has 0 aliphatic heterocycles. The molecule has 93 valence electrons. The molecule has 0 spiro atoms. The fourth-order valence-electron chi connectivity index (χ4n) is 1.78. The highest BCUT2D eigenvalue weighted by Gasteiger charge is 1.98. The zero-order valence-corrected chi connectivity index (χ0v) is 10.3. The molecule has 0 aliphatic rings. The Bertz CT molecular complexity index is 511. The summed E-state index contributed by atoms with van der Waals surface area (Å²) in [6, 6.07) is 11.9. The van der Waals surface area contributed by atoms with Crippen molar-refractivity contribution in [1.29, 1.82) is 0 Å². The summed E-state index contributed by atoms with van der Waals surface area (Å²) in [6.45, 7) is 0.643. The van der Waals surface area contributed by atoms with Gasteiger partial charge in [-0.3, -0.25) is 4.79 Å². The zero-order chi connectivity index (χ0) is 12.6. The standard InChI is InChI=1S/C15H16NO2/c17-11-5-1-2-6-12-18-15-10-9-13-7-3-4-8-14(13)16-15/h3-4,7-10H,1-2,5-6,12H2. The Labute approximate surface area is 107 Å². The Morgan fingerprint density at radius 1 is 1.06 bits per heavy atom. The maximum Gasteiger partial charge on any atom is 0.213 e. The van der Waals surface area contributed by atoms with Crippen LogP contribution in [0, 0.1) is 0 Å². The first-order valence-corrected chi connectivity index (χ1v) is 6.24. The quantitative estimate of drug-likeness (QED) is 0.699. The molecular formula is C15H16NO2. The van der Waals surface area contributed by atoms with Crippen LogP contribution in [0.1, 0.15) is 25.7 Å². The lowest BCUT2D eigenvalue weighted by Gasteiger charge is -2.05. The summed E-state index contributed by atoms with van der Waals surface area (Å²) in [5.41, 5.74) is 0.950. The third-order valence-electron chi connectivity index (χ3n) is 2.75. The normalized spacial score (nSPS) is 10.4. The van der Waals surface area contributed by atoms with Crippen LogP contribution in [0.4, 0.5) is 0 Å². The summed E-state index contributed by atoms with van der Waals surface area (Å²) in [4.78, 5) is 14.4. The molecule has 0 N–H and O–H groups in total. The second-order valence-electron chi connectivity index (χ2n) is 4.15. The van der Waals surface area contributed by atoms with Crippen molar-refractivity contribution in [3.63, 3.8) is 0 Å². The highest BCUT2D eigenvalue weighted by Crippen LogP contribution is 2.16. The molecule has 2 aromatic rings. The lowest BCUT2D eigenvalue weighted by Crippen LogP contribution is -1.99. The monoisotopic (exact) mass is 242 g/mol. The molecule has 1 heterocycles. The maximum atomic E-state index is 10.0. The first-order chi connectivity index (χ1) is 8.90. The van der Waals surface area contributed by atoms with E-state index < -0.39 is 0 Å². The SMILES string of the molecule is O=[C]CCCCCOc1ccc2ccccc2n1. The van der Waals surface area contributed by atoms with E-state index in [1.54, 1.807) is 0 Å². The molecule has 0 atom stereocenters. The van der Waals surface area contributed by atoms with Crippen molar-refractivity contribution in [3.8, 4) is 5.88 Å². The van der Waals surface area contributed by atoms with Gasteiger partial charge in [0.2, 0.25) is 5.88 Å². The van der Waals surface area contributed by atoms with E-state index in [-0.39, 0.29) is 0 Å².